The van der Waals surface area contributed by atoms with E-state index in [0.717, 1.165) is 11.2 Å². The summed E-state index contributed by atoms with van der Waals surface area (Å²) in [5.74, 6) is 0. The molecule has 1 heteroatoms. The highest BCUT2D eigenvalue weighted by Gasteiger charge is 2.25. The molecule has 0 atom stereocenters. The maximum absolute atomic E-state index is 6.64. The Hall–Kier alpha value is -3.32. The summed E-state index contributed by atoms with van der Waals surface area (Å²) in [7, 11) is 0. The van der Waals surface area contributed by atoms with Gasteiger partial charge in [0.1, 0.15) is 11.2 Å². The van der Waals surface area contributed by atoms with Crippen LogP contribution in [0.15, 0.2) is 71.1 Å². The zero-order valence-corrected chi connectivity index (χ0v) is 18.8. The summed E-state index contributed by atoms with van der Waals surface area (Å²) in [6.07, 6.45) is 0. The zero-order chi connectivity index (χ0) is 21.5. The predicted octanol–water partition coefficient (Wildman–Crippen LogP) is 8.96. The maximum Gasteiger partial charge on any atom is 0.139 e. The molecule has 152 valence electrons. The summed E-state index contributed by atoms with van der Waals surface area (Å²) < 4.78 is 6.64. The summed E-state index contributed by atoms with van der Waals surface area (Å²) in [5.41, 5.74) is 5.92. The molecule has 0 bridgehead atoms. The van der Waals surface area contributed by atoms with Crippen LogP contribution in [0, 0.1) is 13.8 Å². The van der Waals surface area contributed by atoms with Crippen molar-refractivity contribution in [1.82, 2.24) is 0 Å². The van der Waals surface area contributed by atoms with E-state index in [1.165, 1.54) is 59.8 Å². The molecule has 31 heavy (non-hydrogen) atoms. The van der Waals surface area contributed by atoms with Crippen molar-refractivity contribution in [3.05, 3.63) is 83.4 Å². The van der Waals surface area contributed by atoms with Crippen LogP contribution < -0.4 is 0 Å². The van der Waals surface area contributed by atoms with E-state index in [2.05, 4.69) is 101 Å². The lowest BCUT2D eigenvalue weighted by Crippen LogP contribution is -2.13. The molecule has 0 saturated carbocycles. The second-order valence-electron chi connectivity index (χ2n) is 9.89. The third-order valence-electron chi connectivity index (χ3n) is 6.76. The Morgan fingerprint density at radius 1 is 0.581 bits per heavy atom. The standard InChI is InChI=1S/C30H26O/c1-17-16-18(2)28(30(3,4)5)29-25(17)27-24(31-29)15-14-23-21-12-7-6-10-19(21)20-11-8-9-13-22(20)26(23)27/h6-16H,1-5H3. The van der Waals surface area contributed by atoms with Crippen molar-refractivity contribution in [2.45, 2.75) is 40.0 Å². The Morgan fingerprint density at radius 2 is 1.13 bits per heavy atom. The first-order chi connectivity index (χ1) is 14.9. The number of rotatable bonds is 0. The van der Waals surface area contributed by atoms with Gasteiger partial charge in [0.2, 0.25) is 0 Å². The van der Waals surface area contributed by atoms with Gasteiger partial charge in [0.05, 0.1) is 0 Å². The first-order valence-electron chi connectivity index (χ1n) is 11.1. The fourth-order valence-corrected chi connectivity index (χ4v) is 5.72. The van der Waals surface area contributed by atoms with E-state index < -0.39 is 0 Å². The Bertz CT molecular complexity index is 1640. The second kappa shape index (κ2) is 6.11. The molecule has 6 rings (SSSR count). The van der Waals surface area contributed by atoms with Gasteiger partial charge >= 0.3 is 0 Å². The number of aryl methyl sites for hydroxylation is 2. The van der Waals surface area contributed by atoms with E-state index in [0.29, 0.717) is 0 Å². The van der Waals surface area contributed by atoms with Gasteiger partial charge in [-0.3, -0.25) is 0 Å². The summed E-state index contributed by atoms with van der Waals surface area (Å²) in [5, 5.41) is 10.3. The minimum absolute atomic E-state index is 0.00841. The van der Waals surface area contributed by atoms with Crippen LogP contribution in [-0.4, -0.2) is 0 Å². The van der Waals surface area contributed by atoms with E-state index in [1.54, 1.807) is 0 Å². The van der Waals surface area contributed by atoms with Gasteiger partial charge in [-0.15, -0.1) is 0 Å². The van der Waals surface area contributed by atoms with Crippen LogP contribution >= 0.6 is 0 Å². The van der Waals surface area contributed by atoms with Gasteiger partial charge in [0.15, 0.2) is 0 Å². The monoisotopic (exact) mass is 402 g/mol. The molecule has 1 nitrogen and oxygen atoms in total. The second-order valence-corrected chi connectivity index (χ2v) is 9.89. The molecular weight excluding hydrogens is 376 g/mol. The normalized spacial score (nSPS) is 12.7. The molecule has 0 saturated heterocycles. The highest BCUT2D eigenvalue weighted by molar-refractivity contribution is 6.34. The molecule has 0 fully saturated rings. The van der Waals surface area contributed by atoms with Crippen molar-refractivity contribution in [3.63, 3.8) is 0 Å². The molecule has 0 radical (unpaired) electrons. The van der Waals surface area contributed by atoms with Gasteiger partial charge < -0.3 is 4.42 Å². The van der Waals surface area contributed by atoms with Crippen molar-refractivity contribution in [3.8, 4) is 0 Å². The SMILES string of the molecule is Cc1cc(C)c2c(oc3ccc4c5ccccc5c5ccccc5c4c32)c1C(C)(C)C. The molecule has 0 aliphatic carbocycles. The van der Waals surface area contributed by atoms with Crippen molar-refractivity contribution < 1.29 is 4.42 Å². The van der Waals surface area contributed by atoms with Crippen molar-refractivity contribution >= 4 is 54.3 Å². The number of furan rings is 1. The number of hydrogen-bond acceptors (Lipinski definition) is 1. The Kier molecular flexibility index (Phi) is 3.63. The van der Waals surface area contributed by atoms with E-state index in [-0.39, 0.29) is 5.41 Å². The van der Waals surface area contributed by atoms with Crippen LogP contribution in [-0.2, 0) is 5.41 Å². The van der Waals surface area contributed by atoms with Crippen molar-refractivity contribution in [2.75, 3.05) is 0 Å². The van der Waals surface area contributed by atoms with Crippen LogP contribution in [0.2, 0.25) is 0 Å². The largest absolute Gasteiger partial charge is 0.456 e. The predicted molar refractivity (Wildman–Crippen MR) is 134 cm³/mol. The van der Waals surface area contributed by atoms with Gasteiger partial charge in [-0.25, -0.2) is 0 Å². The number of benzene rings is 5. The molecule has 0 unspecified atom stereocenters. The van der Waals surface area contributed by atoms with Gasteiger partial charge in [-0.1, -0.05) is 75.4 Å². The number of hydrogen-bond donors (Lipinski definition) is 0. The maximum atomic E-state index is 6.64. The Labute approximate surface area is 182 Å². The fourth-order valence-electron chi connectivity index (χ4n) is 5.72. The fraction of sp³-hybridized carbons (Fsp3) is 0.200. The topological polar surface area (TPSA) is 13.1 Å². The van der Waals surface area contributed by atoms with Crippen LogP contribution in [0.25, 0.3) is 54.3 Å². The van der Waals surface area contributed by atoms with Crippen molar-refractivity contribution in [2.24, 2.45) is 0 Å². The van der Waals surface area contributed by atoms with E-state index in [9.17, 15) is 0 Å². The van der Waals surface area contributed by atoms with Crippen LogP contribution in [0.3, 0.4) is 0 Å². The quantitative estimate of drug-likeness (QED) is 0.231. The van der Waals surface area contributed by atoms with Crippen LogP contribution in [0.4, 0.5) is 0 Å². The molecular formula is C30H26O. The van der Waals surface area contributed by atoms with E-state index in [1.807, 2.05) is 0 Å². The van der Waals surface area contributed by atoms with Gasteiger partial charge in [0, 0.05) is 21.7 Å². The molecule has 0 aliphatic heterocycles. The molecule has 0 spiro atoms. The van der Waals surface area contributed by atoms with Gasteiger partial charge in [-0.2, -0.15) is 0 Å². The summed E-state index contributed by atoms with van der Waals surface area (Å²) >= 11 is 0. The summed E-state index contributed by atoms with van der Waals surface area (Å²) in [6.45, 7) is 11.3. The van der Waals surface area contributed by atoms with E-state index >= 15 is 0 Å². The summed E-state index contributed by atoms with van der Waals surface area (Å²) in [4.78, 5) is 0. The lowest BCUT2D eigenvalue weighted by molar-refractivity contribution is 0.569. The molecule has 0 amide bonds. The summed E-state index contributed by atoms with van der Waals surface area (Å²) in [6, 6.07) is 24.3. The third-order valence-corrected chi connectivity index (χ3v) is 6.76. The van der Waals surface area contributed by atoms with Crippen molar-refractivity contribution in [1.29, 1.82) is 0 Å². The Balaban J connectivity index is 1.98. The number of fused-ring (bicyclic) bond motifs is 10. The van der Waals surface area contributed by atoms with Crippen LogP contribution in [0.5, 0.6) is 0 Å². The van der Waals surface area contributed by atoms with E-state index in [4.69, 9.17) is 4.42 Å². The highest BCUT2D eigenvalue weighted by atomic mass is 16.3. The lowest BCUT2D eigenvalue weighted by Gasteiger charge is -2.22. The third kappa shape index (κ3) is 2.44. The smallest absolute Gasteiger partial charge is 0.139 e. The first-order valence-corrected chi connectivity index (χ1v) is 11.1. The van der Waals surface area contributed by atoms with Gasteiger partial charge in [-0.05, 0) is 69.5 Å². The molecule has 5 aromatic carbocycles. The average molecular weight is 403 g/mol. The zero-order valence-electron chi connectivity index (χ0n) is 18.8. The lowest BCUT2D eigenvalue weighted by atomic mass is 9.81. The molecule has 1 aromatic heterocycles. The molecule has 0 aliphatic rings. The molecule has 1 heterocycles. The average Bonchev–Trinajstić information content (AvgIpc) is 3.12. The highest BCUT2D eigenvalue weighted by Crippen LogP contribution is 2.45. The first kappa shape index (κ1) is 18.4. The molecule has 6 aromatic rings. The minimum Gasteiger partial charge on any atom is -0.456 e. The van der Waals surface area contributed by atoms with Gasteiger partial charge in [0.25, 0.3) is 0 Å². The molecule has 0 N–H and O–H groups in total. The Morgan fingerprint density at radius 3 is 1.74 bits per heavy atom. The van der Waals surface area contributed by atoms with Crippen LogP contribution in [0.1, 0.15) is 37.5 Å². The minimum atomic E-state index is 0.00841.